The summed E-state index contributed by atoms with van der Waals surface area (Å²) in [7, 11) is 4.80. The third kappa shape index (κ3) is 2.76. The van der Waals surface area contributed by atoms with Crippen LogP contribution in [0, 0.1) is 0 Å². The van der Waals surface area contributed by atoms with E-state index in [-0.39, 0.29) is 5.56 Å². The van der Waals surface area contributed by atoms with Crippen LogP contribution in [-0.2, 0) is 26.9 Å². The number of imidazole rings is 1. The predicted octanol–water partition coefficient (Wildman–Crippen LogP) is 2.57. The Morgan fingerprint density at radius 3 is 2.50 bits per heavy atom. The molecule has 0 N–H and O–H groups in total. The molecule has 0 aliphatic heterocycles. The summed E-state index contributed by atoms with van der Waals surface area (Å²) >= 11 is 13.6. The van der Waals surface area contributed by atoms with Crippen molar-refractivity contribution >= 4 is 46.1 Å². The van der Waals surface area contributed by atoms with Crippen molar-refractivity contribution in [1.82, 2.24) is 18.7 Å². The van der Waals surface area contributed by atoms with E-state index in [2.05, 4.69) is 4.98 Å². The van der Waals surface area contributed by atoms with Gasteiger partial charge in [-0.1, -0.05) is 35.0 Å². The van der Waals surface area contributed by atoms with Gasteiger partial charge in [0.05, 0.1) is 0 Å². The van der Waals surface area contributed by atoms with Gasteiger partial charge in [0.25, 0.3) is 5.56 Å². The molecule has 0 amide bonds. The van der Waals surface area contributed by atoms with Crippen molar-refractivity contribution in [2.24, 2.45) is 21.1 Å². The van der Waals surface area contributed by atoms with Gasteiger partial charge >= 0.3 is 5.69 Å². The highest BCUT2D eigenvalue weighted by Gasteiger charge is 2.17. The van der Waals surface area contributed by atoms with Crippen LogP contribution in [0.2, 0.25) is 10.0 Å². The normalized spacial score (nSPS) is 11.4. The molecule has 3 rings (SSSR count). The molecule has 1 aromatic carbocycles. The number of benzene rings is 1. The molecule has 0 aliphatic rings. The Kier molecular flexibility index (Phi) is 4.50. The van der Waals surface area contributed by atoms with Crippen LogP contribution in [0.4, 0.5) is 0 Å². The molecule has 0 radical (unpaired) electrons. The molecule has 24 heavy (non-hydrogen) atoms. The van der Waals surface area contributed by atoms with E-state index in [4.69, 9.17) is 23.2 Å². The van der Waals surface area contributed by atoms with Crippen LogP contribution in [0.3, 0.4) is 0 Å². The summed E-state index contributed by atoms with van der Waals surface area (Å²) in [5.74, 6) is 0.546. The number of aryl methyl sites for hydroxylation is 2. The summed E-state index contributed by atoms with van der Waals surface area (Å²) in [6, 6.07) is 5.27. The lowest BCUT2D eigenvalue weighted by molar-refractivity contribution is 0.705. The van der Waals surface area contributed by atoms with Gasteiger partial charge in [0.1, 0.15) is 0 Å². The molecule has 126 valence electrons. The van der Waals surface area contributed by atoms with Gasteiger partial charge < -0.3 is 4.57 Å². The number of fused-ring (bicyclic) bond motifs is 1. The van der Waals surface area contributed by atoms with Crippen LogP contribution >= 0.6 is 35.0 Å². The Hall–Kier alpha value is -1.70. The van der Waals surface area contributed by atoms with Gasteiger partial charge in [0.2, 0.25) is 0 Å². The molecule has 9 heteroatoms. The molecule has 2 heterocycles. The highest BCUT2D eigenvalue weighted by Crippen LogP contribution is 2.29. The second kappa shape index (κ2) is 6.31. The van der Waals surface area contributed by atoms with Gasteiger partial charge in [0, 0.05) is 36.9 Å². The van der Waals surface area contributed by atoms with Crippen molar-refractivity contribution in [2.45, 2.75) is 10.9 Å². The zero-order valence-electron chi connectivity index (χ0n) is 13.2. The van der Waals surface area contributed by atoms with Crippen molar-refractivity contribution in [3.63, 3.8) is 0 Å². The Labute approximate surface area is 151 Å². The number of hydrogen-bond donors (Lipinski definition) is 0. The van der Waals surface area contributed by atoms with Crippen LogP contribution in [0.5, 0.6) is 0 Å². The van der Waals surface area contributed by atoms with Crippen molar-refractivity contribution in [3.05, 3.63) is 54.6 Å². The Bertz CT molecular complexity index is 1070. The maximum Gasteiger partial charge on any atom is 0.332 e. The van der Waals surface area contributed by atoms with E-state index in [1.54, 1.807) is 36.9 Å². The maximum atomic E-state index is 12.3. The SMILES string of the molecule is Cn1c(=O)c2c(nc(SCc3cc(Cl)ccc3Cl)n2C)n(C)c1=O. The van der Waals surface area contributed by atoms with E-state index in [9.17, 15) is 9.59 Å². The molecule has 0 saturated heterocycles. The highest BCUT2D eigenvalue weighted by molar-refractivity contribution is 7.98. The molecule has 0 fully saturated rings. The molecular formula is C15H14Cl2N4O2S. The van der Waals surface area contributed by atoms with Gasteiger partial charge in [-0.2, -0.15) is 0 Å². The standard InChI is InChI=1S/C15H14Cl2N4O2S/c1-19-11-12(20(2)15(23)21(3)13(11)22)18-14(19)24-7-8-6-9(16)4-5-10(8)17/h4-6H,7H2,1-3H3. The molecular weight excluding hydrogens is 371 g/mol. The molecule has 0 atom stereocenters. The minimum absolute atomic E-state index is 0.365. The number of nitrogens with zero attached hydrogens (tertiary/aromatic N) is 4. The quantitative estimate of drug-likeness (QED) is 0.651. The Morgan fingerprint density at radius 2 is 1.79 bits per heavy atom. The minimum Gasteiger partial charge on any atom is -0.316 e. The second-order valence-corrected chi connectivity index (χ2v) is 7.14. The third-order valence-corrected chi connectivity index (χ3v) is 5.48. The van der Waals surface area contributed by atoms with Crippen LogP contribution in [0.25, 0.3) is 11.2 Å². The minimum atomic E-state index is -0.403. The molecule has 0 saturated carbocycles. The third-order valence-electron chi connectivity index (χ3n) is 3.80. The summed E-state index contributed by atoms with van der Waals surface area (Å²) in [6.07, 6.45) is 0. The number of hydrogen-bond acceptors (Lipinski definition) is 4. The molecule has 3 aromatic rings. The number of rotatable bonds is 3. The summed E-state index contributed by atoms with van der Waals surface area (Å²) in [6.45, 7) is 0. The average Bonchev–Trinajstić information content (AvgIpc) is 2.88. The van der Waals surface area contributed by atoms with Gasteiger partial charge in [-0.3, -0.25) is 13.9 Å². The van der Waals surface area contributed by atoms with Crippen molar-refractivity contribution in [3.8, 4) is 0 Å². The van der Waals surface area contributed by atoms with E-state index in [1.165, 1.54) is 23.4 Å². The Morgan fingerprint density at radius 1 is 1.08 bits per heavy atom. The van der Waals surface area contributed by atoms with Crippen LogP contribution < -0.4 is 11.2 Å². The van der Waals surface area contributed by atoms with E-state index < -0.39 is 5.69 Å². The fraction of sp³-hybridized carbons (Fsp3) is 0.267. The first kappa shape index (κ1) is 17.1. The van der Waals surface area contributed by atoms with Crippen molar-refractivity contribution in [2.75, 3.05) is 0 Å². The lowest BCUT2D eigenvalue weighted by Crippen LogP contribution is -2.37. The highest BCUT2D eigenvalue weighted by atomic mass is 35.5. The summed E-state index contributed by atoms with van der Waals surface area (Å²) < 4.78 is 4.14. The van der Waals surface area contributed by atoms with Crippen LogP contribution in [0.1, 0.15) is 5.56 Å². The predicted molar refractivity (Wildman–Crippen MR) is 97.2 cm³/mol. The number of aromatic nitrogens is 4. The van der Waals surface area contributed by atoms with Gasteiger partial charge in [-0.05, 0) is 23.8 Å². The largest absolute Gasteiger partial charge is 0.332 e. The lowest BCUT2D eigenvalue weighted by Gasteiger charge is -2.05. The molecule has 0 aliphatic carbocycles. The number of thioether (sulfide) groups is 1. The molecule has 0 spiro atoms. The summed E-state index contributed by atoms with van der Waals surface area (Å²) in [5, 5.41) is 1.85. The van der Waals surface area contributed by atoms with Crippen LogP contribution in [0.15, 0.2) is 32.9 Å². The molecule has 6 nitrogen and oxygen atoms in total. The van der Waals surface area contributed by atoms with E-state index in [0.717, 1.165) is 10.1 Å². The fourth-order valence-corrected chi connectivity index (χ4v) is 3.84. The number of halogens is 2. The monoisotopic (exact) mass is 384 g/mol. The summed E-state index contributed by atoms with van der Waals surface area (Å²) in [4.78, 5) is 28.8. The fourth-order valence-electron chi connectivity index (χ4n) is 2.42. The Balaban J connectivity index is 2.05. The topological polar surface area (TPSA) is 61.8 Å². The smallest absolute Gasteiger partial charge is 0.316 e. The van der Waals surface area contributed by atoms with E-state index >= 15 is 0 Å². The lowest BCUT2D eigenvalue weighted by atomic mass is 10.2. The average molecular weight is 385 g/mol. The second-order valence-electron chi connectivity index (χ2n) is 5.36. The van der Waals surface area contributed by atoms with E-state index in [1.807, 2.05) is 0 Å². The zero-order chi connectivity index (χ0) is 17.6. The van der Waals surface area contributed by atoms with E-state index in [0.29, 0.717) is 32.1 Å². The first-order chi connectivity index (χ1) is 11.3. The van der Waals surface area contributed by atoms with Gasteiger partial charge in [0.15, 0.2) is 16.3 Å². The first-order valence-electron chi connectivity index (χ1n) is 7.00. The van der Waals surface area contributed by atoms with Crippen molar-refractivity contribution in [1.29, 1.82) is 0 Å². The van der Waals surface area contributed by atoms with Gasteiger partial charge in [-0.15, -0.1) is 0 Å². The zero-order valence-corrected chi connectivity index (χ0v) is 15.5. The maximum absolute atomic E-state index is 12.3. The first-order valence-corrected chi connectivity index (χ1v) is 8.74. The molecule has 0 bridgehead atoms. The van der Waals surface area contributed by atoms with Gasteiger partial charge in [-0.25, -0.2) is 9.78 Å². The van der Waals surface area contributed by atoms with Crippen molar-refractivity contribution < 1.29 is 0 Å². The van der Waals surface area contributed by atoms with Crippen LogP contribution in [-0.4, -0.2) is 18.7 Å². The molecule has 0 unspecified atom stereocenters. The summed E-state index contributed by atoms with van der Waals surface area (Å²) in [5.41, 5.74) is 0.864. The molecule has 2 aromatic heterocycles.